The van der Waals surface area contributed by atoms with Crippen molar-refractivity contribution >= 4 is 12.5 Å². The first kappa shape index (κ1) is 24.7. The number of nitrogens with zero attached hydrogens (tertiary/aromatic N) is 2. The molecule has 0 bridgehead atoms. The quantitative estimate of drug-likeness (QED) is 0.559. The normalized spacial score (nSPS) is 18.0. The molecular formula is C22H35N3O6. The predicted molar refractivity (Wildman–Crippen MR) is 117 cm³/mol. The number of β-amino-alcohol motifs (C(OH)–C–C–N with tert-alkyl or cyclic N) is 1. The number of hydrogen-bond acceptors (Lipinski definition) is 6. The zero-order valence-electron chi connectivity index (χ0n) is 18.5. The van der Waals surface area contributed by atoms with Gasteiger partial charge in [-0.2, -0.15) is 0 Å². The van der Waals surface area contributed by atoms with Crippen LogP contribution in [-0.4, -0.2) is 84.6 Å². The number of hydrogen-bond donors (Lipinski definition) is 3. The summed E-state index contributed by atoms with van der Waals surface area (Å²) in [7, 11) is 1.61. The van der Waals surface area contributed by atoms with E-state index in [1.54, 1.807) is 12.0 Å². The Morgan fingerprint density at radius 3 is 2.42 bits per heavy atom. The topological polar surface area (TPSA) is 112 Å². The highest BCUT2D eigenvalue weighted by molar-refractivity contribution is 5.74. The number of rotatable bonds is 7. The first-order chi connectivity index (χ1) is 14.9. The van der Waals surface area contributed by atoms with Gasteiger partial charge in [0.05, 0.1) is 19.3 Å². The van der Waals surface area contributed by atoms with Crippen molar-refractivity contribution in [2.24, 2.45) is 0 Å². The van der Waals surface area contributed by atoms with E-state index in [0.29, 0.717) is 50.6 Å². The van der Waals surface area contributed by atoms with Crippen molar-refractivity contribution in [1.29, 1.82) is 0 Å². The van der Waals surface area contributed by atoms with Crippen molar-refractivity contribution < 1.29 is 29.3 Å². The van der Waals surface area contributed by atoms with Gasteiger partial charge < -0.3 is 34.8 Å². The van der Waals surface area contributed by atoms with Gasteiger partial charge in [0.2, 0.25) is 0 Å². The lowest BCUT2D eigenvalue weighted by molar-refractivity contribution is -0.122. The number of piperidine rings is 1. The van der Waals surface area contributed by atoms with Gasteiger partial charge in [0.15, 0.2) is 11.5 Å². The molecule has 9 nitrogen and oxygen atoms in total. The summed E-state index contributed by atoms with van der Waals surface area (Å²) in [6, 6.07) is 5.59. The Hall–Kier alpha value is -2.52. The number of methoxy groups -OCH3 is 1. The van der Waals surface area contributed by atoms with Crippen molar-refractivity contribution in [2.45, 2.75) is 44.8 Å². The average Bonchev–Trinajstić information content (AvgIpc) is 3.26. The third kappa shape index (κ3) is 7.59. The summed E-state index contributed by atoms with van der Waals surface area (Å²) in [4.78, 5) is 25.0. The number of likely N-dealkylation sites (tertiary alicyclic amines) is 2. The first-order valence-corrected chi connectivity index (χ1v) is 10.8. The lowest BCUT2D eigenvalue weighted by Gasteiger charge is -2.40. The van der Waals surface area contributed by atoms with Crippen LogP contribution in [0.3, 0.4) is 0 Å². The molecule has 0 radical (unpaired) electrons. The summed E-state index contributed by atoms with van der Waals surface area (Å²) in [5.41, 5.74) is 0.295. The summed E-state index contributed by atoms with van der Waals surface area (Å²) in [5.74, 6) is 1.37. The van der Waals surface area contributed by atoms with Crippen LogP contribution in [0.5, 0.6) is 11.5 Å². The molecule has 1 aromatic carbocycles. The van der Waals surface area contributed by atoms with E-state index in [1.165, 1.54) is 12.8 Å². The molecule has 174 valence electrons. The number of ether oxygens (including phenoxy) is 2. The van der Waals surface area contributed by atoms with E-state index in [9.17, 15) is 9.90 Å². The zero-order valence-corrected chi connectivity index (χ0v) is 18.5. The molecule has 0 saturated carbocycles. The fourth-order valence-corrected chi connectivity index (χ4v) is 4.03. The number of carboxylic acid groups (broad SMARTS) is 1. The molecule has 0 unspecified atom stereocenters. The van der Waals surface area contributed by atoms with Gasteiger partial charge in [0.25, 0.3) is 6.47 Å². The molecule has 0 aromatic heterocycles. The molecule has 9 heteroatoms. The average molecular weight is 438 g/mol. The Labute approximate surface area is 183 Å². The fourth-order valence-electron chi connectivity index (χ4n) is 4.03. The number of benzene rings is 1. The van der Waals surface area contributed by atoms with Crippen molar-refractivity contribution in [3.8, 4) is 11.5 Å². The second-order valence-corrected chi connectivity index (χ2v) is 7.88. The molecule has 0 atom stereocenters. The van der Waals surface area contributed by atoms with Crippen LogP contribution in [0.15, 0.2) is 18.2 Å². The van der Waals surface area contributed by atoms with Crippen molar-refractivity contribution in [2.75, 3.05) is 46.4 Å². The molecule has 2 heterocycles. The Morgan fingerprint density at radius 1 is 1.19 bits per heavy atom. The zero-order chi connectivity index (χ0) is 22.7. The number of carbonyl (C=O) groups excluding carboxylic acids is 1. The Morgan fingerprint density at radius 2 is 1.84 bits per heavy atom. The molecule has 3 rings (SSSR count). The number of aliphatic hydroxyl groups is 1. The monoisotopic (exact) mass is 437 g/mol. The summed E-state index contributed by atoms with van der Waals surface area (Å²) in [6.07, 6.45) is 3.71. The van der Waals surface area contributed by atoms with Gasteiger partial charge in [-0.3, -0.25) is 4.79 Å². The molecule has 0 spiro atoms. The molecule has 1 aromatic rings. The Kier molecular flexibility index (Phi) is 9.87. The number of carbonyl (C=O) groups is 2. The van der Waals surface area contributed by atoms with Crippen LogP contribution in [0, 0.1) is 0 Å². The van der Waals surface area contributed by atoms with Gasteiger partial charge in [0.1, 0.15) is 0 Å². The molecule has 2 amide bonds. The molecule has 3 N–H and O–H groups in total. The van der Waals surface area contributed by atoms with Crippen molar-refractivity contribution in [3.05, 3.63) is 23.8 Å². The predicted octanol–water partition coefficient (Wildman–Crippen LogP) is 1.93. The molecule has 2 saturated heterocycles. The van der Waals surface area contributed by atoms with Crippen molar-refractivity contribution in [1.82, 2.24) is 15.1 Å². The van der Waals surface area contributed by atoms with Crippen molar-refractivity contribution in [3.63, 3.8) is 0 Å². The highest BCUT2D eigenvalue weighted by Gasteiger charge is 2.35. The highest BCUT2D eigenvalue weighted by Crippen LogP contribution is 2.28. The summed E-state index contributed by atoms with van der Waals surface area (Å²) in [6.45, 7) is 6.73. The van der Waals surface area contributed by atoms with Gasteiger partial charge in [0, 0.05) is 26.2 Å². The van der Waals surface area contributed by atoms with E-state index in [2.05, 4.69) is 10.2 Å². The van der Waals surface area contributed by atoms with Gasteiger partial charge in [-0.15, -0.1) is 0 Å². The lowest BCUT2D eigenvalue weighted by atomic mass is 9.91. The highest BCUT2D eigenvalue weighted by atomic mass is 16.5. The van der Waals surface area contributed by atoms with E-state index < -0.39 is 5.60 Å². The summed E-state index contributed by atoms with van der Waals surface area (Å²) < 4.78 is 10.9. The fraction of sp³-hybridized carbons (Fsp3) is 0.636. The third-order valence-electron chi connectivity index (χ3n) is 5.67. The van der Waals surface area contributed by atoms with E-state index >= 15 is 0 Å². The van der Waals surface area contributed by atoms with Gasteiger partial charge in [-0.1, -0.05) is 6.07 Å². The summed E-state index contributed by atoms with van der Waals surface area (Å²) >= 11 is 0. The Balaban J connectivity index is 0.00000107. The SMILES string of the molecule is CCOc1cc(CNC(=O)N2CCC(O)(CN3CCCC3)CC2)ccc1OC.O=CO. The standard InChI is InChI=1S/C21H33N3O4.CH2O2/c1-3-28-19-14-17(6-7-18(19)27-2)15-22-20(25)24-12-8-21(26,9-13-24)16-23-10-4-5-11-23;2-1-3/h6-7,14,26H,3-5,8-13,15-16H2,1-2H3,(H,22,25);1H,(H,2,3). The maximum Gasteiger partial charge on any atom is 0.317 e. The van der Waals surface area contributed by atoms with Gasteiger partial charge in [-0.05, 0) is 63.4 Å². The van der Waals surface area contributed by atoms with Crippen LogP contribution in [0.4, 0.5) is 4.79 Å². The van der Waals surface area contributed by atoms with Crippen LogP contribution in [0.25, 0.3) is 0 Å². The molecule has 0 aliphatic carbocycles. The maximum atomic E-state index is 12.5. The van der Waals surface area contributed by atoms with Crippen LogP contribution >= 0.6 is 0 Å². The minimum absolute atomic E-state index is 0.0861. The minimum Gasteiger partial charge on any atom is -0.493 e. The molecule has 2 aliphatic rings. The second kappa shape index (κ2) is 12.4. The first-order valence-electron chi connectivity index (χ1n) is 10.8. The Bertz CT molecular complexity index is 700. The maximum absolute atomic E-state index is 12.5. The number of amides is 2. The smallest absolute Gasteiger partial charge is 0.317 e. The largest absolute Gasteiger partial charge is 0.493 e. The van der Waals surface area contributed by atoms with Gasteiger partial charge in [-0.25, -0.2) is 4.79 Å². The molecular weight excluding hydrogens is 402 g/mol. The van der Waals surface area contributed by atoms with E-state index in [-0.39, 0.29) is 12.5 Å². The molecule has 2 aliphatic heterocycles. The van der Waals surface area contributed by atoms with E-state index in [0.717, 1.165) is 25.2 Å². The van der Waals surface area contributed by atoms with E-state index in [1.807, 2.05) is 25.1 Å². The third-order valence-corrected chi connectivity index (χ3v) is 5.67. The van der Waals surface area contributed by atoms with Crippen LogP contribution in [0.1, 0.15) is 38.2 Å². The second-order valence-electron chi connectivity index (χ2n) is 7.88. The van der Waals surface area contributed by atoms with E-state index in [4.69, 9.17) is 19.4 Å². The lowest BCUT2D eigenvalue weighted by Crippen LogP contribution is -2.53. The van der Waals surface area contributed by atoms with Crippen LogP contribution < -0.4 is 14.8 Å². The molecule has 31 heavy (non-hydrogen) atoms. The number of urea groups is 1. The summed E-state index contributed by atoms with van der Waals surface area (Å²) in [5, 5.41) is 20.7. The number of nitrogens with one attached hydrogen (secondary N) is 1. The van der Waals surface area contributed by atoms with Crippen LogP contribution in [0.2, 0.25) is 0 Å². The van der Waals surface area contributed by atoms with Gasteiger partial charge >= 0.3 is 6.03 Å². The van der Waals surface area contributed by atoms with Crippen LogP contribution in [-0.2, 0) is 11.3 Å². The minimum atomic E-state index is -0.663. The molecule has 2 fully saturated rings.